The third-order valence-electron chi connectivity index (χ3n) is 2.92. The molecular formula is C11H18N2O. The third-order valence-corrected chi connectivity index (χ3v) is 2.92. The molecule has 1 N–H and O–H groups in total. The van der Waals surface area contributed by atoms with Gasteiger partial charge in [0.05, 0.1) is 17.5 Å². The van der Waals surface area contributed by atoms with Crippen LogP contribution in [0, 0.1) is 12.8 Å². The van der Waals surface area contributed by atoms with Crippen LogP contribution < -0.4 is 0 Å². The number of aryl methyl sites for hydroxylation is 2. The molecule has 0 amide bonds. The standard InChI is InChI=1S/C11H18N2O/c1-8-7-10(13(2)12-8)11(14)6-5-9-3-4-9/h7,9,11,14H,3-6H2,1-2H3. The van der Waals surface area contributed by atoms with Gasteiger partial charge in [0.1, 0.15) is 0 Å². The molecule has 1 unspecified atom stereocenters. The van der Waals surface area contributed by atoms with E-state index in [0.29, 0.717) is 0 Å². The summed E-state index contributed by atoms with van der Waals surface area (Å²) in [6.07, 6.45) is 4.42. The summed E-state index contributed by atoms with van der Waals surface area (Å²) in [5.74, 6) is 0.888. The van der Waals surface area contributed by atoms with Gasteiger partial charge in [0.15, 0.2) is 0 Å². The summed E-state index contributed by atoms with van der Waals surface area (Å²) in [6, 6.07) is 1.97. The number of rotatable bonds is 4. The number of aliphatic hydroxyl groups excluding tert-OH is 1. The van der Waals surface area contributed by atoms with Gasteiger partial charge in [-0.1, -0.05) is 12.8 Å². The Hall–Kier alpha value is -0.830. The molecule has 1 aliphatic carbocycles. The number of hydrogen-bond donors (Lipinski definition) is 1. The van der Waals surface area contributed by atoms with E-state index in [4.69, 9.17) is 0 Å². The molecule has 1 aliphatic rings. The molecule has 1 heterocycles. The van der Waals surface area contributed by atoms with Gasteiger partial charge < -0.3 is 5.11 Å². The molecule has 0 spiro atoms. The normalized spacial score (nSPS) is 18.5. The quantitative estimate of drug-likeness (QED) is 0.795. The largest absolute Gasteiger partial charge is 0.387 e. The predicted octanol–water partition coefficient (Wildman–Crippen LogP) is 1.95. The van der Waals surface area contributed by atoms with Crippen LogP contribution in [0.4, 0.5) is 0 Å². The van der Waals surface area contributed by atoms with E-state index in [2.05, 4.69) is 5.10 Å². The predicted molar refractivity (Wildman–Crippen MR) is 54.9 cm³/mol. The highest BCUT2D eigenvalue weighted by atomic mass is 16.3. The fourth-order valence-corrected chi connectivity index (χ4v) is 1.89. The summed E-state index contributed by atoms with van der Waals surface area (Å²) in [6.45, 7) is 1.96. The second kappa shape index (κ2) is 3.73. The molecule has 1 atom stereocenters. The van der Waals surface area contributed by atoms with Crippen molar-refractivity contribution in [3.63, 3.8) is 0 Å². The highest BCUT2D eigenvalue weighted by molar-refractivity contribution is 5.11. The molecule has 3 heteroatoms. The third kappa shape index (κ3) is 2.15. The van der Waals surface area contributed by atoms with E-state index in [1.165, 1.54) is 12.8 Å². The Balaban J connectivity index is 1.94. The highest BCUT2D eigenvalue weighted by Gasteiger charge is 2.23. The molecule has 1 aromatic rings. The highest BCUT2D eigenvalue weighted by Crippen LogP contribution is 2.35. The van der Waals surface area contributed by atoms with Crippen molar-refractivity contribution in [3.8, 4) is 0 Å². The summed E-state index contributed by atoms with van der Waals surface area (Å²) in [7, 11) is 1.89. The second-order valence-electron chi connectivity index (χ2n) is 4.37. The van der Waals surface area contributed by atoms with Gasteiger partial charge in [0, 0.05) is 7.05 Å². The molecule has 78 valence electrons. The average molecular weight is 194 g/mol. The van der Waals surface area contributed by atoms with E-state index in [-0.39, 0.29) is 6.10 Å². The Morgan fingerprint density at radius 3 is 2.86 bits per heavy atom. The number of aliphatic hydroxyl groups is 1. The van der Waals surface area contributed by atoms with Crippen molar-refractivity contribution in [2.24, 2.45) is 13.0 Å². The fourth-order valence-electron chi connectivity index (χ4n) is 1.89. The Bertz CT molecular complexity index is 315. The van der Waals surface area contributed by atoms with Gasteiger partial charge in [-0.3, -0.25) is 4.68 Å². The minimum absolute atomic E-state index is 0.332. The van der Waals surface area contributed by atoms with Crippen molar-refractivity contribution in [1.82, 2.24) is 9.78 Å². The Morgan fingerprint density at radius 2 is 2.36 bits per heavy atom. The van der Waals surface area contributed by atoms with Crippen LogP contribution in [0.25, 0.3) is 0 Å². The SMILES string of the molecule is Cc1cc(C(O)CCC2CC2)n(C)n1. The average Bonchev–Trinajstić information content (AvgIpc) is 2.88. The maximum absolute atomic E-state index is 9.93. The van der Waals surface area contributed by atoms with Crippen molar-refractivity contribution >= 4 is 0 Å². The van der Waals surface area contributed by atoms with Crippen LogP contribution in [0.3, 0.4) is 0 Å². The minimum Gasteiger partial charge on any atom is -0.387 e. The van der Waals surface area contributed by atoms with Crippen molar-refractivity contribution in [3.05, 3.63) is 17.5 Å². The smallest absolute Gasteiger partial charge is 0.0956 e. The summed E-state index contributed by atoms with van der Waals surface area (Å²) in [5.41, 5.74) is 1.93. The first kappa shape index (κ1) is 9.71. The zero-order chi connectivity index (χ0) is 10.1. The Kier molecular flexibility index (Phi) is 2.59. The van der Waals surface area contributed by atoms with E-state index >= 15 is 0 Å². The second-order valence-corrected chi connectivity index (χ2v) is 4.37. The first-order valence-corrected chi connectivity index (χ1v) is 5.35. The zero-order valence-corrected chi connectivity index (χ0v) is 8.90. The molecule has 1 aromatic heterocycles. The van der Waals surface area contributed by atoms with Crippen LogP contribution in [0.2, 0.25) is 0 Å². The Morgan fingerprint density at radius 1 is 1.64 bits per heavy atom. The van der Waals surface area contributed by atoms with Gasteiger partial charge in [-0.15, -0.1) is 0 Å². The Labute approximate surface area is 84.7 Å². The van der Waals surface area contributed by atoms with E-state index < -0.39 is 0 Å². The van der Waals surface area contributed by atoms with Crippen molar-refractivity contribution in [1.29, 1.82) is 0 Å². The number of hydrogen-bond acceptors (Lipinski definition) is 2. The summed E-state index contributed by atoms with van der Waals surface area (Å²) >= 11 is 0. The molecule has 0 saturated heterocycles. The summed E-state index contributed by atoms with van der Waals surface area (Å²) in [5, 5.41) is 14.2. The van der Waals surface area contributed by atoms with E-state index in [1.807, 2.05) is 20.0 Å². The maximum Gasteiger partial charge on any atom is 0.0956 e. The van der Waals surface area contributed by atoms with Crippen LogP contribution in [0.15, 0.2) is 6.07 Å². The fraction of sp³-hybridized carbons (Fsp3) is 0.727. The van der Waals surface area contributed by atoms with Crippen molar-refractivity contribution in [2.75, 3.05) is 0 Å². The van der Waals surface area contributed by atoms with Gasteiger partial charge in [-0.2, -0.15) is 5.10 Å². The van der Waals surface area contributed by atoms with Crippen molar-refractivity contribution < 1.29 is 5.11 Å². The molecular weight excluding hydrogens is 176 g/mol. The van der Waals surface area contributed by atoms with Gasteiger partial charge in [0.2, 0.25) is 0 Å². The van der Waals surface area contributed by atoms with Crippen molar-refractivity contribution in [2.45, 2.75) is 38.7 Å². The summed E-state index contributed by atoms with van der Waals surface area (Å²) in [4.78, 5) is 0. The molecule has 0 aliphatic heterocycles. The topological polar surface area (TPSA) is 38.0 Å². The monoisotopic (exact) mass is 194 g/mol. The zero-order valence-electron chi connectivity index (χ0n) is 8.90. The lowest BCUT2D eigenvalue weighted by atomic mass is 10.1. The first-order valence-electron chi connectivity index (χ1n) is 5.35. The van der Waals surface area contributed by atoms with Gasteiger partial charge >= 0.3 is 0 Å². The molecule has 3 nitrogen and oxygen atoms in total. The lowest BCUT2D eigenvalue weighted by molar-refractivity contribution is 0.153. The van der Waals surface area contributed by atoms with Crippen LogP contribution in [-0.4, -0.2) is 14.9 Å². The van der Waals surface area contributed by atoms with Crippen LogP contribution in [0.1, 0.15) is 43.2 Å². The molecule has 1 saturated carbocycles. The van der Waals surface area contributed by atoms with Crippen LogP contribution in [0.5, 0.6) is 0 Å². The first-order chi connectivity index (χ1) is 6.66. The molecule has 14 heavy (non-hydrogen) atoms. The maximum atomic E-state index is 9.93. The number of aromatic nitrogens is 2. The minimum atomic E-state index is -0.332. The van der Waals surface area contributed by atoms with Gasteiger partial charge in [-0.05, 0) is 31.7 Å². The molecule has 0 radical (unpaired) electrons. The van der Waals surface area contributed by atoms with Gasteiger partial charge in [0.25, 0.3) is 0 Å². The van der Waals surface area contributed by atoms with Gasteiger partial charge in [-0.25, -0.2) is 0 Å². The molecule has 0 bridgehead atoms. The lowest BCUT2D eigenvalue weighted by Gasteiger charge is -2.09. The molecule has 0 aromatic carbocycles. The molecule has 1 fully saturated rings. The van der Waals surface area contributed by atoms with Crippen LogP contribution >= 0.6 is 0 Å². The number of nitrogens with zero attached hydrogens (tertiary/aromatic N) is 2. The van der Waals surface area contributed by atoms with E-state index in [9.17, 15) is 5.11 Å². The molecule has 2 rings (SSSR count). The summed E-state index contributed by atoms with van der Waals surface area (Å²) < 4.78 is 1.78. The van der Waals surface area contributed by atoms with Crippen LogP contribution in [-0.2, 0) is 7.05 Å². The van der Waals surface area contributed by atoms with E-state index in [1.54, 1.807) is 4.68 Å². The van der Waals surface area contributed by atoms with E-state index in [0.717, 1.165) is 30.1 Å². The lowest BCUT2D eigenvalue weighted by Crippen LogP contribution is -2.05.